The number of rotatable bonds is 1. The first-order valence-electron chi connectivity index (χ1n) is 3.92. The van der Waals surface area contributed by atoms with Gasteiger partial charge in [0.25, 0.3) is 0 Å². The first kappa shape index (κ1) is 11.7. The van der Waals surface area contributed by atoms with Gasteiger partial charge in [0, 0.05) is 0 Å². The Morgan fingerprint density at radius 2 is 2.27 bits per heavy atom. The first-order valence-corrected chi connectivity index (χ1v) is 4.71. The van der Waals surface area contributed by atoms with E-state index in [-0.39, 0.29) is 5.11 Å². The number of nitrogens with one attached hydrogen (secondary N) is 2. The predicted octanol–water partition coefficient (Wildman–Crippen LogP) is 2.01. The molecule has 0 aliphatic heterocycles. The molecule has 0 saturated carbocycles. The quantitative estimate of drug-likeness (QED) is 0.521. The number of amides is 1. The van der Waals surface area contributed by atoms with Crippen LogP contribution in [0.4, 0.5) is 10.6 Å². The summed E-state index contributed by atoms with van der Waals surface area (Å²) in [5, 5.41) is 13.2. The third-order valence-electron chi connectivity index (χ3n) is 1.40. The average molecular weight is 246 g/mol. The largest absolute Gasteiger partial charge is 0.465 e. The number of aromatic nitrogens is 1. The molecular weight excluding hydrogens is 238 g/mol. The van der Waals surface area contributed by atoms with Crippen molar-refractivity contribution in [1.82, 2.24) is 10.3 Å². The maximum absolute atomic E-state index is 10.2. The highest BCUT2D eigenvalue weighted by Gasteiger charge is 2.03. The number of nitrogens with zero attached hydrogens (tertiary/aromatic N) is 1. The van der Waals surface area contributed by atoms with Crippen molar-refractivity contribution in [2.75, 3.05) is 5.32 Å². The Labute approximate surface area is 96.5 Å². The number of carbonyl (C=O) groups is 1. The molecule has 1 heterocycles. The van der Waals surface area contributed by atoms with E-state index in [0.717, 1.165) is 5.56 Å². The maximum atomic E-state index is 10.2. The zero-order chi connectivity index (χ0) is 11.4. The van der Waals surface area contributed by atoms with E-state index in [0.29, 0.717) is 11.0 Å². The van der Waals surface area contributed by atoms with Gasteiger partial charge in [-0.15, -0.1) is 0 Å². The summed E-state index contributed by atoms with van der Waals surface area (Å²) in [6, 6.07) is 3.38. The topological polar surface area (TPSA) is 74.2 Å². The van der Waals surface area contributed by atoms with Crippen molar-refractivity contribution >= 4 is 40.8 Å². The second-order valence-corrected chi connectivity index (χ2v) is 3.53. The highest BCUT2D eigenvalue weighted by Crippen LogP contribution is 2.13. The van der Waals surface area contributed by atoms with Gasteiger partial charge in [-0.3, -0.25) is 5.32 Å². The first-order chi connectivity index (χ1) is 6.97. The van der Waals surface area contributed by atoms with E-state index in [2.05, 4.69) is 10.3 Å². The van der Waals surface area contributed by atoms with Gasteiger partial charge in [-0.2, -0.15) is 0 Å². The van der Waals surface area contributed by atoms with Crippen LogP contribution in [-0.4, -0.2) is 21.3 Å². The Morgan fingerprint density at radius 3 is 2.80 bits per heavy atom. The summed E-state index contributed by atoms with van der Waals surface area (Å²) in [5.41, 5.74) is 0.899. The molecule has 0 unspecified atom stereocenters. The number of anilines is 1. The fourth-order valence-corrected chi connectivity index (χ4v) is 1.39. The van der Waals surface area contributed by atoms with Crippen LogP contribution in [0.2, 0.25) is 5.15 Å². The van der Waals surface area contributed by atoms with E-state index >= 15 is 0 Å². The second-order valence-electron chi connectivity index (χ2n) is 2.74. The van der Waals surface area contributed by atoms with Crippen LogP contribution in [0.15, 0.2) is 12.1 Å². The van der Waals surface area contributed by atoms with Crippen LogP contribution in [0.5, 0.6) is 0 Å². The van der Waals surface area contributed by atoms with Gasteiger partial charge in [0.05, 0.1) is 0 Å². The van der Waals surface area contributed by atoms with Crippen molar-refractivity contribution < 1.29 is 9.90 Å². The standard InChI is InChI=1S/C8H8ClN3O2S/c1-4-2-5(9)10-6(3-4)11-7(15)12-8(13)14/h2-3H,1H3,(H,13,14)(H2,10,11,12,15). The number of halogens is 1. The van der Waals surface area contributed by atoms with Crippen LogP contribution in [0.3, 0.4) is 0 Å². The molecule has 0 atom stereocenters. The van der Waals surface area contributed by atoms with Gasteiger partial charge in [-0.25, -0.2) is 9.78 Å². The van der Waals surface area contributed by atoms with Gasteiger partial charge < -0.3 is 10.4 Å². The lowest BCUT2D eigenvalue weighted by atomic mass is 10.3. The summed E-state index contributed by atoms with van der Waals surface area (Å²) >= 11 is 10.4. The normalized spacial score (nSPS) is 9.47. The van der Waals surface area contributed by atoms with Crippen LogP contribution in [0, 0.1) is 6.92 Å². The van der Waals surface area contributed by atoms with Crippen LogP contribution < -0.4 is 10.6 Å². The minimum absolute atomic E-state index is 0.0448. The van der Waals surface area contributed by atoms with Crippen molar-refractivity contribution in [3.63, 3.8) is 0 Å². The van der Waals surface area contributed by atoms with Crippen LogP contribution in [0.1, 0.15) is 5.56 Å². The molecule has 1 aromatic heterocycles. The number of hydrogen-bond donors (Lipinski definition) is 3. The molecule has 0 aliphatic carbocycles. The molecule has 1 rings (SSSR count). The molecule has 15 heavy (non-hydrogen) atoms. The van der Waals surface area contributed by atoms with Crippen LogP contribution in [-0.2, 0) is 0 Å². The number of carboxylic acid groups (broad SMARTS) is 1. The zero-order valence-electron chi connectivity index (χ0n) is 7.74. The fourth-order valence-electron chi connectivity index (χ4n) is 0.934. The van der Waals surface area contributed by atoms with E-state index in [1.807, 2.05) is 12.2 Å². The van der Waals surface area contributed by atoms with Crippen molar-refractivity contribution in [3.8, 4) is 0 Å². The molecular formula is C8H8ClN3O2S. The molecule has 1 amide bonds. The van der Waals surface area contributed by atoms with E-state index in [1.54, 1.807) is 12.1 Å². The van der Waals surface area contributed by atoms with Gasteiger partial charge in [0.1, 0.15) is 11.0 Å². The maximum Gasteiger partial charge on any atom is 0.410 e. The summed E-state index contributed by atoms with van der Waals surface area (Å²) in [6.07, 6.45) is -1.23. The predicted molar refractivity (Wildman–Crippen MR) is 61.4 cm³/mol. The Balaban J connectivity index is 2.72. The third-order valence-corrected chi connectivity index (χ3v) is 1.80. The molecule has 80 valence electrons. The zero-order valence-corrected chi connectivity index (χ0v) is 9.32. The number of aryl methyl sites for hydroxylation is 1. The summed E-state index contributed by atoms with van der Waals surface area (Å²) in [4.78, 5) is 14.2. The summed E-state index contributed by atoms with van der Waals surface area (Å²) in [5.74, 6) is 0.402. The highest BCUT2D eigenvalue weighted by atomic mass is 35.5. The van der Waals surface area contributed by atoms with Gasteiger partial charge in [0.2, 0.25) is 0 Å². The van der Waals surface area contributed by atoms with Crippen molar-refractivity contribution in [2.24, 2.45) is 0 Å². The van der Waals surface area contributed by atoms with E-state index in [1.165, 1.54) is 0 Å². The van der Waals surface area contributed by atoms with Gasteiger partial charge in [0.15, 0.2) is 5.11 Å². The molecule has 7 heteroatoms. The Bertz CT molecular complexity index is 391. The summed E-state index contributed by atoms with van der Waals surface area (Å²) < 4.78 is 0. The van der Waals surface area contributed by atoms with E-state index < -0.39 is 6.09 Å². The lowest BCUT2D eigenvalue weighted by Crippen LogP contribution is -2.33. The minimum Gasteiger partial charge on any atom is -0.465 e. The number of pyridine rings is 1. The monoisotopic (exact) mass is 245 g/mol. The molecule has 0 fully saturated rings. The van der Waals surface area contributed by atoms with Crippen LogP contribution in [0.25, 0.3) is 0 Å². The SMILES string of the molecule is Cc1cc(Cl)nc(NC(=S)NC(=O)O)c1. The fraction of sp³-hybridized carbons (Fsp3) is 0.125. The average Bonchev–Trinajstić information content (AvgIpc) is 1.98. The Kier molecular flexibility index (Phi) is 3.81. The third kappa shape index (κ3) is 4.09. The van der Waals surface area contributed by atoms with Gasteiger partial charge in [-0.05, 0) is 36.8 Å². The molecule has 0 saturated heterocycles. The number of hydrogen-bond acceptors (Lipinski definition) is 3. The van der Waals surface area contributed by atoms with Crippen molar-refractivity contribution in [1.29, 1.82) is 0 Å². The van der Waals surface area contributed by atoms with Gasteiger partial charge in [-0.1, -0.05) is 11.6 Å². The Hall–Kier alpha value is -1.40. The molecule has 3 N–H and O–H groups in total. The smallest absolute Gasteiger partial charge is 0.410 e. The van der Waals surface area contributed by atoms with Crippen molar-refractivity contribution in [3.05, 3.63) is 22.8 Å². The van der Waals surface area contributed by atoms with E-state index in [9.17, 15) is 4.79 Å². The molecule has 0 bridgehead atoms. The van der Waals surface area contributed by atoms with Crippen LogP contribution >= 0.6 is 23.8 Å². The Morgan fingerprint density at radius 1 is 1.60 bits per heavy atom. The van der Waals surface area contributed by atoms with E-state index in [4.69, 9.17) is 28.9 Å². The molecule has 0 radical (unpaired) electrons. The number of thiocarbonyl (C=S) groups is 1. The summed E-state index contributed by atoms with van der Waals surface area (Å²) in [6.45, 7) is 1.84. The minimum atomic E-state index is -1.23. The van der Waals surface area contributed by atoms with Crippen molar-refractivity contribution in [2.45, 2.75) is 6.92 Å². The molecule has 1 aromatic rings. The lowest BCUT2D eigenvalue weighted by Gasteiger charge is -2.07. The lowest BCUT2D eigenvalue weighted by molar-refractivity contribution is 0.200. The second kappa shape index (κ2) is 4.90. The van der Waals surface area contributed by atoms with Gasteiger partial charge >= 0.3 is 6.09 Å². The molecule has 0 aliphatic rings. The molecule has 0 spiro atoms. The summed E-state index contributed by atoms with van der Waals surface area (Å²) in [7, 11) is 0. The highest BCUT2D eigenvalue weighted by molar-refractivity contribution is 7.80. The molecule has 5 nitrogen and oxygen atoms in total. The molecule has 0 aromatic carbocycles.